The van der Waals surface area contributed by atoms with E-state index >= 15 is 0 Å². The normalized spacial score (nSPS) is 17.6. The van der Waals surface area contributed by atoms with Gasteiger partial charge in [0, 0.05) is 42.6 Å². The largest absolute Gasteiger partial charge is 0.481 e. The first-order chi connectivity index (χ1) is 20.8. The predicted octanol–water partition coefficient (Wildman–Crippen LogP) is 7.69. The topological polar surface area (TPSA) is 85.8 Å². The van der Waals surface area contributed by atoms with Crippen LogP contribution in [0.25, 0.3) is 11.1 Å². The molecule has 0 aliphatic carbocycles. The van der Waals surface area contributed by atoms with E-state index in [1.165, 1.54) is 29.3 Å². The zero-order valence-electron chi connectivity index (χ0n) is 24.3. The van der Waals surface area contributed by atoms with Crippen molar-refractivity contribution in [2.24, 2.45) is 5.92 Å². The van der Waals surface area contributed by atoms with Gasteiger partial charge in [0.1, 0.15) is 11.9 Å². The lowest BCUT2D eigenvalue weighted by molar-refractivity contribution is -0.177. The van der Waals surface area contributed by atoms with E-state index in [9.17, 15) is 41.0 Å². The molecule has 2 aliphatic rings. The molecular weight excluding hydrogens is 661 g/mol. The van der Waals surface area contributed by atoms with Gasteiger partial charge in [0.25, 0.3) is 5.91 Å². The molecule has 0 spiro atoms. The third-order valence-corrected chi connectivity index (χ3v) is 8.21. The lowest BCUT2D eigenvalue weighted by Crippen LogP contribution is -2.40. The molecule has 0 radical (unpaired) electrons. The summed E-state index contributed by atoms with van der Waals surface area (Å²) in [5.41, 5.74) is 1.39. The summed E-state index contributed by atoms with van der Waals surface area (Å²) in [7, 11) is 0. The standard InChI is InChI=1S/C31H30F6N4O3.2ClH/c32-30(33,34)23-7-3-19(4-8-23)25-17-38-27(16-22(25)18-41-13-1-2-26(41)31(35,36)37)39-28(42)20-5-9-24(10-6-20)40-14-11-21(12-15-40)29(43)44;;/h3-10,16-17,21,26H,1-2,11-15,18H2,(H,43,44)(H,38,39,42);2*1H. The molecule has 1 unspecified atom stereocenters. The Bertz CT molecular complexity index is 1500. The Morgan fingerprint density at radius 1 is 0.891 bits per heavy atom. The third-order valence-electron chi connectivity index (χ3n) is 8.21. The summed E-state index contributed by atoms with van der Waals surface area (Å²) in [5, 5.41) is 11.9. The van der Waals surface area contributed by atoms with Crippen molar-refractivity contribution < 1.29 is 41.0 Å². The Morgan fingerprint density at radius 3 is 2.09 bits per heavy atom. The number of carbonyl (C=O) groups excluding carboxylic acids is 1. The number of aliphatic carboxylic acids is 1. The van der Waals surface area contributed by atoms with E-state index in [2.05, 4.69) is 10.3 Å². The monoisotopic (exact) mass is 692 g/mol. The molecule has 2 fully saturated rings. The smallest absolute Gasteiger partial charge is 0.416 e. The average Bonchev–Trinajstić information content (AvgIpc) is 3.46. The van der Waals surface area contributed by atoms with E-state index in [1.807, 2.05) is 4.90 Å². The Hall–Kier alpha value is -3.55. The van der Waals surface area contributed by atoms with Crippen molar-refractivity contribution in [2.45, 2.75) is 50.6 Å². The van der Waals surface area contributed by atoms with Gasteiger partial charge in [-0.3, -0.25) is 14.5 Å². The number of pyridine rings is 1. The van der Waals surface area contributed by atoms with Crippen LogP contribution in [0.5, 0.6) is 0 Å². The predicted molar refractivity (Wildman–Crippen MR) is 166 cm³/mol. The molecule has 3 heterocycles. The number of piperidine rings is 1. The second kappa shape index (κ2) is 14.9. The van der Waals surface area contributed by atoms with Crippen LogP contribution in [-0.4, -0.2) is 58.7 Å². The number of carboxylic acids is 1. The number of halogens is 8. The van der Waals surface area contributed by atoms with E-state index in [1.54, 1.807) is 24.3 Å². The minimum atomic E-state index is -4.54. The van der Waals surface area contributed by atoms with Crippen LogP contribution in [0.2, 0.25) is 0 Å². The number of nitrogens with zero attached hydrogens (tertiary/aromatic N) is 3. The molecule has 0 saturated carbocycles. The number of carboxylic acid groups (broad SMARTS) is 1. The number of carbonyl (C=O) groups is 2. The van der Waals surface area contributed by atoms with E-state index in [4.69, 9.17) is 0 Å². The fourth-order valence-electron chi connectivity index (χ4n) is 5.80. The summed E-state index contributed by atoms with van der Waals surface area (Å²) in [6, 6.07) is 10.9. The van der Waals surface area contributed by atoms with Crippen molar-refractivity contribution in [2.75, 3.05) is 29.9 Å². The number of alkyl halides is 6. The van der Waals surface area contributed by atoms with E-state index in [-0.39, 0.29) is 56.1 Å². The Labute approximate surface area is 273 Å². The van der Waals surface area contributed by atoms with Gasteiger partial charge in [-0.1, -0.05) is 12.1 Å². The number of hydrogen-bond donors (Lipinski definition) is 2. The van der Waals surface area contributed by atoms with E-state index in [0.29, 0.717) is 54.6 Å². The maximum atomic E-state index is 13.7. The van der Waals surface area contributed by atoms with Gasteiger partial charge in [0.15, 0.2) is 0 Å². The van der Waals surface area contributed by atoms with E-state index < -0.39 is 35.8 Å². The molecule has 2 saturated heterocycles. The molecule has 2 N–H and O–H groups in total. The van der Waals surface area contributed by atoms with Crippen LogP contribution >= 0.6 is 24.8 Å². The van der Waals surface area contributed by atoms with Gasteiger partial charge in [-0.2, -0.15) is 26.3 Å². The number of amides is 1. The second-order valence-corrected chi connectivity index (χ2v) is 11.1. The molecule has 2 aromatic carbocycles. The summed E-state index contributed by atoms with van der Waals surface area (Å²) >= 11 is 0. The van der Waals surface area contributed by atoms with Crippen LogP contribution in [-0.2, 0) is 17.5 Å². The van der Waals surface area contributed by atoms with Crippen molar-refractivity contribution in [1.29, 1.82) is 0 Å². The summed E-state index contributed by atoms with van der Waals surface area (Å²) in [6.45, 7) is 1.21. The second-order valence-electron chi connectivity index (χ2n) is 11.1. The number of anilines is 2. The minimum Gasteiger partial charge on any atom is -0.481 e. The highest BCUT2D eigenvalue weighted by atomic mass is 35.5. The van der Waals surface area contributed by atoms with Crippen molar-refractivity contribution >= 4 is 48.2 Å². The zero-order chi connectivity index (χ0) is 31.6. The first-order valence-corrected chi connectivity index (χ1v) is 14.2. The SMILES string of the molecule is Cl.Cl.O=C(Nc1cc(CN2CCCC2C(F)(F)F)c(-c2ccc(C(F)(F)F)cc2)cn1)c1ccc(N2CCC(C(=O)O)CC2)cc1. The molecule has 1 atom stereocenters. The maximum absolute atomic E-state index is 13.7. The van der Waals surface area contributed by atoms with Crippen LogP contribution in [0, 0.1) is 5.92 Å². The van der Waals surface area contributed by atoms with Gasteiger partial charge in [-0.05, 0) is 85.8 Å². The van der Waals surface area contributed by atoms with Gasteiger partial charge in [0.05, 0.1) is 11.5 Å². The number of likely N-dealkylation sites (tertiary alicyclic amines) is 1. The number of rotatable bonds is 7. The van der Waals surface area contributed by atoms with Crippen LogP contribution in [0.15, 0.2) is 60.8 Å². The van der Waals surface area contributed by atoms with Crippen molar-refractivity contribution in [3.8, 4) is 11.1 Å². The first kappa shape index (κ1) is 36.9. The first-order valence-electron chi connectivity index (χ1n) is 14.2. The summed E-state index contributed by atoms with van der Waals surface area (Å²) < 4.78 is 80.4. The summed E-state index contributed by atoms with van der Waals surface area (Å²) in [4.78, 5) is 31.8. The summed E-state index contributed by atoms with van der Waals surface area (Å²) in [5.74, 6) is -1.59. The molecule has 5 rings (SSSR count). The maximum Gasteiger partial charge on any atom is 0.416 e. The number of benzene rings is 2. The quantitative estimate of drug-likeness (QED) is 0.247. The molecule has 3 aromatic rings. The van der Waals surface area contributed by atoms with Crippen molar-refractivity contribution in [3.63, 3.8) is 0 Å². The Kier molecular flexibility index (Phi) is 12.0. The molecule has 250 valence electrons. The molecular formula is C31H32Cl2F6N4O3. The number of nitrogens with one attached hydrogen (secondary N) is 1. The highest BCUT2D eigenvalue weighted by Gasteiger charge is 2.45. The van der Waals surface area contributed by atoms with Gasteiger partial charge in [0.2, 0.25) is 0 Å². The number of hydrogen-bond acceptors (Lipinski definition) is 5. The van der Waals surface area contributed by atoms with Gasteiger partial charge >= 0.3 is 18.3 Å². The molecule has 2 aliphatic heterocycles. The van der Waals surface area contributed by atoms with Gasteiger partial charge < -0.3 is 15.3 Å². The Morgan fingerprint density at radius 2 is 1.52 bits per heavy atom. The lowest BCUT2D eigenvalue weighted by atomic mass is 9.96. The average molecular weight is 694 g/mol. The lowest BCUT2D eigenvalue weighted by Gasteiger charge is -2.32. The molecule has 46 heavy (non-hydrogen) atoms. The zero-order valence-corrected chi connectivity index (χ0v) is 25.9. The highest BCUT2D eigenvalue weighted by molar-refractivity contribution is 6.04. The van der Waals surface area contributed by atoms with E-state index in [0.717, 1.165) is 17.8 Å². The third kappa shape index (κ3) is 8.62. The Balaban J connectivity index is 0.00000288. The van der Waals surface area contributed by atoms with Gasteiger partial charge in [-0.15, -0.1) is 24.8 Å². The molecule has 0 bridgehead atoms. The summed E-state index contributed by atoms with van der Waals surface area (Å²) in [6.07, 6.45) is -6.30. The molecule has 7 nitrogen and oxygen atoms in total. The van der Waals surface area contributed by atoms with Crippen LogP contribution in [0.3, 0.4) is 0 Å². The minimum absolute atomic E-state index is 0. The van der Waals surface area contributed by atoms with Crippen molar-refractivity contribution in [3.05, 3.63) is 77.5 Å². The fourth-order valence-corrected chi connectivity index (χ4v) is 5.80. The molecule has 15 heteroatoms. The van der Waals surface area contributed by atoms with Crippen LogP contribution in [0.4, 0.5) is 37.8 Å². The molecule has 1 amide bonds. The molecule has 1 aromatic heterocycles. The fraction of sp³-hybridized carbons (Fsp3) is 0.387. The number of aromatic nitrogens is 1. The van der Waals surface area contributed by atoms with Gasteiger partial charge in [-0.25, -0.2) is 4.98 Å². The van der Waals surface area contributed by atoms with Crippen LogP contribution in [0.1, 0.15) is 47.2 Å². The van der Waals surface area contributed by atoms with Crippen LogP contribution < -0.4 is 10.2 Å². The highest BCUT2D eigenvalue weighted by Crippen LogP contribution is 2.36. The van der Waals surface area contributed by atoms with Crippen molar-refractivity contribution in [1.82, 2.24) is 9.88 Å².